The number of amides is 2. The summed E-state index contributed by atoms with van der Waals surface area (Å²) in [5.41, 5.74) is 1.41. The largest absolute Gasteiger partial charge is 0.478 e. The summed E-state index contributed by atoms with van der Waals surface area (Å²) in [5, 5.41) is 14.4. The van der Waals surface area contributed by atoms with Crippen LogP contribution in [0.15, 0.2) is 18.2 Å². The first-order valence-electron chi connectivity index (χ1n) is 6.35. The summed E-state index contributed by atoms with van der Waals surface area (Å²) in [5.74, 6) is -0.974. The highest BCUT2D eigenvalue weighted by Gasteiger charge is 2.10. The number of nitrogens with one attached hydrogen (secondary N) is 2. The molecule has 0 radical (unpaired) electrons. The molecule has 20 heavy (non-hydrogen) atoms. The zero-order valence-corrected chi connectivity index (χ0v) is 12.2. The Bertz CT molecular complexity index is 500. The van der Waals surface area contributed by atoms with E-state index in [0.717, 1.165) is 6.54 Å². The minimum atomic E-state index is -0.974. The fourth-order valence-corrected chi connectivity index (χ4v) is 1.97. The molecule has 1 unspecified atom stereocenters. The number of aryl methyl sites for hydroxylation is 1. The Balaban J connectivity index is 2.63. The van der Waals surface area contributed by atoms with Gasteiger partial charge in [-0.3, -0.25) is 0 Å². The van der Waals surface area contributed by atoms with Crippen LogP contribution in [0.1, 0.15) is 22.8 Å². The van der Waals surface area contributed by atoms with Crippen molar-refractivity contribution >= 4 is 17.7 Å². The van der Waals surface area contributed by atoms with E-state index >= 15 is 0 Å². The van der Waals surface area contributed by atoms with E-state index in [0.29, 0.717) is 11.3 Å². The molecule has 0 aliphatic carbocycles. The van der Waals surface area contributed by atoms with Crippen molar-refractivity contribution in [3.63, 3.8) is 0 Å². The number of nitrogens with zero attached hydrogens (tertiary/aromatic N) is 1. The zero-order chi connectivity index (χ0) is 15.3. The van der Waals surface area contributed by atoms with Crippen molar-refractivity contribution in [2.45, 2.75) is 19.9 Å². The Labute approximate surface area is 118 Å². The number of aromatic carboxylic acids is 1. The second kappa shape index (κ2) is 6.91. The number of rotatable bonds is 5. The van der Waals surface area contributed by atoms with Crippen molar-refractivity contribution < 1.29 is 14.7 Å². The van der Waals surface area contributed by atoms with Crippen LogP contribution < -0.4 is 10.6 Å². The minimum absolute atomic E-state index is 0.0180. The molecule has 6 heteroatoms. The fraction of sp³-hybridized carbons (Fsp3) is 0.429. The van der Waals surface area contributed by atoms with Crippen LogP contribution >= 0.6 is 0 Å². The first-order valence-corrected chi connectivity index (χ1v) is 6.35. The van der Waals surface area contributed by atoms with Gasteiger partial charge in [0.15, 0.2) is 0 Å². The number of carbonyl (C=O) groups excluding carboxylic acids is 1. The van der Waals surface area contributed by atoms with Gasteiger partial charge in [0.05, 0.1) is 5.56 Å². The lowest BCUT2D eigenvalue weighted by Crippen LogP contribution is -2.41. The maximum absolute atomic E-state index is 11.8. The zero-order valence-electron chi connectivity index (χ0n) is 12.2. The number of likely N-dealkylation sites (N-methyl/N-ethyl adjacent to an activating group) is 1. The monoisotopic (exact) mass is 279 g/mol. The van der Waals surface area contributed by atoms with Crippen molar-refractivity contribution in [3.05, 3.63) is 29.3 Å². The number of benzene rings is 1. The van der Waals surface area contributed by atoms with E-state index in [4.69, 9.17) is 5.11 Å². The molecule has 3 N–H and O–H groups in total. The van der Waals surface area contributed by atoms with Gasteiger partial charge in [-0.25, -0.2) is 9.59 Å². The van der Waals surface area contributed by atoms with Crippen molar-refractivity contribution in [3.8, 4) is 0 Å². The predicted octanol–water partition coefficient (Wildman–Crippen LogP) is 1.76. The highest BCUT2D eigenvalue weighted by Crippen LogP contribution is 2.15. The highest BCUT2D eigenvalue weighted by molar-refractivity contribution is 5.92. The van der Waals surface area contributed by atoms with E-state index in [9.17, 15) is 9.59 Å². The third kappa shape index (κ3) is 4.89. The van der Waals surface area contributed by atoms with Crippen LogP contribution in [0.2, 0.25) is 0 Å². The van der Waals surface area contributed by atoms with Crippen LogP contribution in [0.4, 0.5) is 10.5 Å². The van der Waals surface area contributed by atoms with Gasteiger partial charge in [-0.1, -0.05) is 0 Å². The van der Waals surface area contributed by atoms with Gasteiger partial charge in [0.1, 0.15) is 0 Å². The molecule has 0 heterocycles. The molecule has 1 aromatic carbocycles. The molecule has 0 fully saturated rings. The smallest absolute Gasteiger partial charge is 0.335 e. The molecule has 1 rings (SSSR count). The first kappa shape index (κ1) is 16.0. The van der Waals surface area contributed by atoms with Crippen LogP contribution in [-0.2, 0) is 0 Å². The summed E-state index contributed by atoms with van der Waals surface area (Å²) in [6.45, 7) is 4.35. The second-order valence-corrected chi connectivity index (χ2v) is 5.10. The number of carboxylic acid groups (broad SMARTS) is 1. The maximum atomic E-state index is 11.8. The van der Waals surface area contributed by atoms with Crippen molar-refractivity contribution in [2.24, 2.45) is 0 Å². The molecule has 1 aromatic rings. The SMILES string of the molecule is Cc1cc(NC(=O)NC(C)CN(C)C)ccc1C(=O)O. The third-order valence-electron chi connectivity index (χ3n) is 2.73. The average molecular weight is 279 g/mol. The molecule has 0 spiro atoms. The summed E-state index contributed by atoms with van der Waals surface area (Å²) in [6, 6.07) is 4.41. The Morgan fingerprint density at radius 1 is 1.35 bits per heavy atom. The fourth-order valence-electron chi connectivity index (χ4n) is 1.97. The lowest BCUT2D eigenvalue weighted by molar-refractivity contribution is 0.0696. The van der Waals surface area contributed by atoms with Gasteiger partial charge < -0.3 is 20.6 Å². The number of hydrogen-bond acceptors (Lipinski definition) is 3. The minimum Gasteiger partial charge on any atom is -0.478 e. The third-order valence-corrected chi connectivity index (χ3v) is 2.73. The van der Waals surface area contributed by atoms with E-state index in [-0.39, 0.29) is 17.6 Å². The Morgan fingerprint density at radius 2 is 2.00 bits per heavy atom. The van der Waals surface area contributed by atoms with E-state index in [2.05, 4.69) is 10.6 Å². The number of carbonyl (C=O) groups is 2. The van der Waals surface area contributed by atoms with Crippen LogP contribution in [0, 0.1) is 6.92 Å². The van der Waals surface area contributed by atoms with Gasteiger partial charge >= 0.3 is 12.0 Å². The van der Waals surface area contributed by atoms with Crippen molar-refractivity contribution in [1.29, 1.82) is 0 Å². The van der Waals surface area contributed by atoms with Crippen LogP contribution in [0.3, 0.4) is 0 Å². The summed E-state index contributed by atoms with van der Waals surface area (Å²) in [6.07, 6.45) is 0. The summed E-state index contributed by atoms with van der Waals surface area (Å²) >= 11 is 0. The van der Waals surface area contributed by atoms with E-state index < -0.39 is 5.97 Å². The number of hydrogen-bond donors (Lipinski definition) is 3. The summed E-state index contributed by atoms with van der Waals surface area (Å²) < 4.78 is 0. The van der Waals surface area contributed by atoms with Crippen molar-refractivity contribution in [1.82, 2.24) is 10.2 Å². The van der Waals surface area contributed by atoms with Gasteiger partial charge in [0.25, 0.3) is 0 Å². The number of urea groups is 1. The Hall–Kier alpha value is -2.08. The topological polar surface area (TPSA) is 81.7 Å². The van der Waals surface area contributed by atoms with Crippen LogP contribution in [0.25, 0.3) is 0 Å². The molecule has 1 atom stereocenters. The number of anilines is 1. The summed E-state index contributed by atoms with van der Waals surface area (Å²) in [4.78, 5) is 24.7. The molecule has 0 bridgehead atoms. The average Bonchev–Trinajstić information content (AvgIpc) is 2.26. The Morgan fingerprint density at radius 3 is 2.50 bits per heavy atom. The second-order valence-electron chi connectivity index (χ2n) is 5.10. The van der Waals surface area contributed by atoms with Crippen LogP contribution in [0.5, 0.6) is 0 Å². The molecule has 0 aromatic heterocycles. The molecule has 110 valence electrons. The van der Waals surface area contributed by atoms with Gasteiger partial charge in [-0.15, -0.1) is 0 Å². The van der Waals surface area contributed by atoms with Crippen LogP contribution in [-0.4, -0.2) is 48.7 Å². The molecular weight excluding hydrogens is 258 g/mol. The molecule has 0 saturated carbocycles. The quantitative estimate of drug-likeness (QED) is 0.767. The standard InChI is InChI=1S/C14H21N3O3/c1-9-7-11(5-6-12(9)13(18)19)16-14(20)15-10(2)8-17(3)4/h5-7,10H,8H2,1-4H3,(H,18,19)(H2,15,16,20). The van der Waals surface area contributed by atoms with E-state index in [1.54, 1.807) is 19.1 Å². The molecule has 0 aliphatic heterocycles. The van der Waals surface area contributed by atoms with E-state index in [1.165, 1.54) is 6.07 Å². The van der Waals surface area contributed by atoms with Crippen molar-refractivity contribution in [2.75, 3.05) is 26.0 Å². The first-order chi connectivity index (χ1) is 9.29. The molecule has 2 amide bonds. The van der Waals surface area contributed by atoms with Gasteiger partial charge in [-0.2, -0.15) is 0 Å². The van der Waals surface area contributed by atoms with Gasteiger partial charge in [0, 0.05) is 18.3 Å². The highest BCUT2D eigenvalue weighted by atomic mass is 16.4. The van der Waals surface area contributed by atoms with E-state index in [1.807, 2.05) is 25.9 Å². The molecule has 0 aliphatic rings. The normalized spacial score (nSPS) is 12.1. The summed E-state index contributed by atoms with van der Waals surface area (Å²) in [7, 11) is 3.87. The molecule has 0 saturated heterocycles. The van der Waals surface area contributed by atoms with Gasteiger partial charge in [-0.05, 0) is 51.7 Å². The predicted molar refractivity (Wildman–Crippen MR) is 78.3 cm³/mol. The molecule has 6 nitrogen and oxygen atoms in total. The lowest BCUT2D eigenvalue weighted by atomic mass is 10.1. The number of carboxylic acids is 1. The lowest BCUT2D eigenvalue weighted by Gasteiger charge is -2.18. The van der Waals surface area contributed by atoms with Gasteiger partial charge in [0.2, 0.25) is 0 Å². The maximum Gasteiger partial charge on any atom is 0.335 e. The molecular formula is C14H21N3O3. The Kier molecular flexibility index (Phi) is 5.52.